The highest BCUT2D eigenvalue weighted by molar-refractivity contribution is 6.31. The summed E-state index contributed by atoms with van der Waals surface area (Å²) in [5.74, 6) is 1.88. The number of rotatable bonds is 10. The second-order valence-electron chi connectivity index (χ2n) is 10.2. The summed E-state index contributed by atoms with van der Waals surface area (Å²) in [7, 11) is 0. The molecule has 0 spiro atoms. The van der Waals surface area contributed by atoms with Crippen molar-refractivity contribution < 1.29 is 28.5 Å². The first-order chi connectivity index (χ1) is 19.6. The van der Waals surface area contributed by atoms with Crippen molar-refractivity contribution in [2.45, 2.75) is 45.8 Å². The fraction of sp³-hybridized carbons (Fsp3) is 0.290. The molecule has 9 nitrogen and oxygen atoms in total. The van der Waals surface area contributed by atoms with Crippen LogP contribution in [0.25, 0.3) is 11.0 Å². The minimum absolute atomic E-state index is 0.174. The molecule has 1 N–H and O–H groups in total. The highest BCUT2D eigenvalue weighted by Crippen LogP contribution is 2.43. The Bertz CT molecular complexity index is 1610. The average Bonchev–Trinajstić information content (AvgIpc) is 3.26. The SMILES string of the molecule is CCOc1cc(C(=O)CNC(=O)[C@@H](C)Oc2ccc(Oc3cnc4cc(Cl)ccc4n3)cc2)cc2c1OC(C)(C)C2. The molecule has 1 aliphatic heterocycles. The maximum Gasteiger partial charge on any atom is 0.261 e. The van der Waals surface area contributed by atoms with Crippen LogP contribution < -0.4 is 24.3 Å². The van der Waals surface area contributed by atoms with Gasteiger partial charge in [-0.2, -0.15) is 0 Å². The molecule has 1 atom stereocenters. The van der Waals surface area contributed by atoms with E-state index in [-0.39, 0.29) is 17.9 Å². The number of halogens is 1. The molecule has 1 aromatic heterocycles. The number of hydrogen-bond acceptors (Lipinski definition) is 8. The van der Waals surface area contributed by atoms with Crippen LogP contribution in [-0.4, -0.2) is 46.5 Å². The first-order valence-electron chi connectivity index (χ1n) is 13.3. The van der Waals surface area contributed by atoms with Crippen molar-refractivity contribution in [2.75, 3.05) is 13.2 Å². The Labute approximate surface area is 242 Å². The molecule has 41 heavy (non-hydrogen) atoms. The molecular formula is C31H30ClN3O6. The fourth-order valence-corrected chi connectivity index (χ4v) is 4.66. The van der Waals surface area contributed by atoms with Crippen LogP contribution >= 0.6 is 11.6 Å². The Morgan fingerprint density at radius 1 is 1.07 bits per heavy atom. The molecule has 5 rings (SSSR count). The normalized spacial score (nSPS) is 14.1. The molecule has 3 aromatic carbocycles. The van der Waals surface area contributed by atoms with Gasteiger partial charge in [0.15, 0.2) is 23.4 Å². The molecule has 10 heteroatoms. The highest BCUT2D eigenvalue weighted by Gasteiger charge is 2.33. The predicted octanol–water partition coefficient (Wildman–Crippen LogP) is 5.95. The summed E-state index contributed by atoms with van der Waals surface area (Å²) >= 11 is 6.00. The fourth-order valence-electron chi connectivity index (χ4n) is 4.50. The van der Waals surface area contributed by atoms with Gasteiger partial charge in [-0.1, -0.05) is 11.6 Å². The summed E-state index contributed by atoms with van der Waals surface area (Å²) in [5.41, 5.74) is 2.33. The lowest BCUT2D eigenvalue weighted by Gasteiger charge is -2.18. The third kappa shape index (κ3) is 6.69. The van der Waals surface area contributed by atoms with E-state index in [4.69, 9.17) is 30.5 Å². The van der Waals surface area contributed by atoms with Gasteiger partial charge in [0.05, 0.1) is 30.4 Å². The molecule has 0 saturated carbocycles. The van der Waals surface area contributed by atoms with Crippen molar-refractivity contribution in [1.82, 2.24) is 15.3 Å². The molecule has 0 fully saturated rings. The van der Waals surface area contributed by atoms with Gasteiger partial charge in [0.1, 0.15) is 17.1 Å². The van der Waals surface area contributed by atoms with E-state index in [2.05, 4.69) is 15.3 Å². The maximum atomic E-state index is 12.9. The molecular weight excluding hydrogens is 546 g/mol. The summed E-state index contributed by atoms with van der Waals surface area (Å²) in [5, 5.41) is 3.25. The van der Waals surface area contributed by atoms with Gasteiger partial charge in [0.2, 0.25) is 5.88 Å². The lowest BCUT2D eigenvalue weighted by atomic mass is 9.98. The number of Topliss-reactive ketones (excluding diaryl/α,β-unsaturated/α-hetero) is 1. The molecule has 1 aliphatic rings. The number of carbonyl (C=O) groups excluding carboxylic acids is 2. The third-order valence-electron chi connectivity index (χ3n) is 6.38. The van der Waals surface area contributed by atoms with E-state index in [0.29, 0.717) is 63.5 Å². The number of ether oxygens (including phenoxy) is 4. The maximum absolute atomic E-state index is 12.9. The van der Waals surface area contributed by atoms with Crippen molar-refractivity contribution >= 4 is 34.3 Å². The quantitative estimate of drug-likeness (QED) is 0.231. The topological polar surface area (TPSA) is 109 Å². The van der Waals surface area contributed by atoms with E-state index in [1.54, 1.807) is 55.5 Å². The number of hydrogen-bond donors (Lipinski definition) is 1. The minimum Gasteiger partial charge on any atom is -0.490 e. The number of nitrogens with zero attached hydrogens (tertiary/aromatic N) is 2. The molecule has 0 aliphatic carbocycles. The largest absolute Gasteiger partial charge is 0.490 e. The summed E-state index contributed by atoms with van der Waals surface area (Å²) in [6.07, 6.45) is 1.35. The van der Waals surface area contributed by atoms with Gasteiger partial charge in [-0.25, -0.2) is 9.97 Å². The third-order valence-corrected chi connectivity index (χ3v) is 6.62. The van der Waals surface area contributed by atoms with Crippen molar-refractivity contribution in [3.05, 3.63) is 76.9 Å². The molecule has 0 radical (unpaired) electrons. The van der Waals surface area contributed by atoms with E-state index in [0.717, 1.165) is 5.56 Å². The van der Waals surface area contributed by atoms with Crippen LogP contribution in [0.5, 0.6) is 28.9 Å². The Morgan fingerprint density at radius 3 is 2.59 bits per heavy atom. The predicted molar refractivity (Wildman–Crippen MR) is 155 cm³/mol. The van der Waals surface area contributed by atoms with Crippen LogP contribution in [0.3, 0.4) is 0 Å². The molecule has 0 unspecified atom stereocenters. The Balaban J connectivity index is 1.15. The van der Waals surface area contributed by atoms with Crippen molar-refractivity contribution in [2.24, 2.45) is 0 Å². The second kappa shape index (κ2) is 11.6. The van der Waals surface area contributed by atoms with Crippen LogP contribution in [0.4, 0.5) is 0 Å². The number of nitrogens with one attached hydrogen (secondary N) is 1. The summed E-state index contributed by atoms with van der Waals surface area (Å²) in [6, 6.07) is 15.5. The Hall–Kier alpha value is -4.37. The van der Waals surface area contributed by atoms with E-state index in [1.807, 2.05) is 26.8 Å². The van der Waals surface area contributed by atoms with Gasteiger partial charge < -0.3 is 24.3 Å². The standard InChI is InChI=1S/C31H30ClN3O6/c1-5-38-27-13-19(12-20-15-31(3,4)41-29(20)27)26(36)16-34-30(37)18(2)39-22-7-9-23(10-8-22)40-28-17-33-25-14-21(32)6-11-24(25)35-28/h6-14,17-18H,5,15-16H2,1-4H3,(H,34,37)/t18-/m1/s1. The van der Waals surface area contributed by atoms with E-state index in [1.165, 1.54) is 6.20 Å². The number of carbonyl (C=O) groups is 2. The van der Waals surface area contributed by atoms with E-state index in [9.17, 15) is 9.59 Å². The first-order valence-corrected chi connectivity index (χ1v) is 13.6. The number of amides is 1. The molecule has 2 heterocycles. The van der Waals surface area contributed by atoms with Crippen LogP contribution in [0.1, 0.15) is 43.6 Å². The van der Waals surface area contributed by atoms with Crippen molar-refractivity contribution in [3.8, 4) is 28.9 Å². The lowest BCUT2D eigenvalue weighted by Crippen LogP contribution is -2.39. The zero-order chi connectivity index (χ0) is 29.1. The van der Waals surface area contributed by atoms with Gasteiger partial charge >= 0.3 is 0 Å². The van der Waals surface area contributed by atoms with Gasteiger partial charge in [-0.15, -0.1) is 0 Å². The van der Waals surface area contributed by atoms with Crippen molar-refractivity contribution in [3.63, 3.8) is 0 Å². The second-order valence-corrected chi connectivity index (χ2v) is 10.7. The van der Waals surface area contributed by atoms with Crippen LogP contribution in [-0.2, 0) is 11.2 Å². The summed E-state index contributed by atoms with van der Waals surface area (Å²) in [4.78, 5) is 34.4. The molecule has 1 amide bonds. The average molecular weight is 576 g/mol. The van der Waals surface area contributed by atoms with Gasteiger partial charge in [-0.05, 0) is 82.3 Å². The van der Waals surface area contributed by atoms with E-state index >= 15 is 0 Å². The molecule has 0 saturated heterocycles. The monoisotopic (exact) mass is 575 g/mol. The number of fused-ring (bicyclic) bond motifs is 2. The highest BCUT2D eigenvalue weighted by atomic mass is 35.5. The number of ketones is 1. The zero-order valence-electron chi connectivity index (χ0n) is 23.2. The molecule has 0 bridgehead atoms. The lowest BCUT2D eigenvalue weighted by molar-refractivity contribution is -0.127. The first kappa shape index (κ1) is 28.2. The Morgan fingerprint density at radius 2 is 1.83 bits per heavy atom. The van der Waals surface area contributed by atoms with Crippen molar-refractivity contribution in [1.29, 1.82) is 0 Å². The summed E-state index contributed by atoms with van der Waals surface area (Å²) < 4.78 is 23.3. The van der Waals surface area contributed by atoms with E-state index < -0.39 is 12.0 Å². The van der Waals surface area contributed by atoms with Gasteiger partial charge in [0, 0.05) is 22.6 Å². The minimum atomic E-state index is -0.832. The Kier molecular flexibility index (Phi) is 7.99. The smallest absolute Gasteiger partial charge is 0.261 e. The number of benzene rings is 3. The van der Waals surface area contributed by atoms with Gasteiger partial charge in [-0.3, -0.25) is 9.59 Å². The molecule has 4 aromatic rings. The van der Waals surface area contributed by atoms with Crippen LogP contribution in [0, 0.1) is 0 Å². The molecule has 212 valence electrons. The van der Waals surface area contributed by atoms with Crippen LogP contribution in [0.2, 0.25) is 5.02 Å². The van der Waals surface area contributed by atoms with Crippen LogP contribution in [0.15, 0.2) is 60.8 Å². The zero-order valence-corrected chi connectivity index (χ0v) is 23.9. The summed E-state index contributed by atoms with van der Waals surface area (Å²) in [6.45, 7) is 7.74. The number of aromatic nitrogens is 2. The van der Waals surface area contributed by atoms with Gasteiger partial charge in [0.25, 0.3) is 5.91 Å².